The third kappa shape index (κ3) is 6.70. The Hall–Kier alpha value is -0.790. The summed E-state index contributed by atoms with van der Waals surface area (Å²) in [5.41, 5.74) is 0. The highest BCUT2D eigenvalue weighted by atomic mass is 16.5. The van der Waals surface area contributed by atoms with E-state index in [2.05, 4.69) is 13.0 Å². The smallest absolute Gasteiger partial charge is 0.306 e. The summed E-state index contributed by atoms with van der Waals surface area (Å²) in [6.07, 6.45) is 8.39. The van der Waals surface area contributed by atoms with E-state index in [-0.39, 0.29) is 12.1 Å². The molecule has 2 heteroatoms. The van der Waals surface area contributed by atoms with Crippen molar-refractivity contribution in [2.45, 2.75) is 59.0 Å². The fourth-order valence-electron chi connectivity index (χ4n) is 1.28. The van der Waals surface area contributed by atoms with E-state index in [9.17, 15) is 4.79 Å². The lowest BCUT2D eigenvalue weighted by Gasteiger charge is -2.15. The van der Waals surface area contributed by atoms with E-state index in [4.69, 9.17) is 4.74 Å². The Morgan fingerprint density at radius 3 is 2.57 bits per heavy atom. The van der Waals surface area contributed by atoms with Crippen LogP contribution in [0.3, 0.4) is 0 Å². The van der Waals surface area contributed by atoms with Gasteiger partial charge in [0.15, 0.2) is 0 Å². The maximum atomic E-state index is 11.2. The fraction of sp³-hybridized carbons (Fsp3) is 0.750. The number of rotatable bonds is 7. The van der Waals surface area contributed by atoms with E-state index in [1.54, 1.807) is 0 Å². The van der Waals surface area contributed by atoms with Crippen molar-refractivity contribution in [1.29, 1.82) is 0 Å². The highest BCUT2D eigenvalue weighted by Gasteiger charge is 2.10. The molecule has 1 unspecified atom stereocenters. The number of esters is 1. The van der Waals surface area contributed by atoms with Crippen molar-refractivity contribution in [3.63, 3.8) is 0 Å². The maximum absolute atomic E-state index is 11.2. The van der Waals surface area contributed by atoms with Gasteiger partial charge < -0.3 is 4.74 Å². The van der Waals surface area contributed by atoms with Crippen LogP contribution in [-0.2, 0) is 9.53 Å². The van der Waals surface area contributed by atoms with Gasteiger partial charge in [0, 0.05) is 12.8 Å². The van der Waals surface area contributed by atoms with E-state index >= 15 is 0 Å². The average molecular weight is 198 g/mol. The van der Waals surface area contributed by atoms with Crippen LogP contribution in [0.15, 0.2) is 12.2 Å². The number of carbonyl (C=O) groups is 1. The van der Waals surface area contributed by atoms with Crippen LogP contribution in [0.4, 0.5) is 0 Å². The first kappa shape index (κ1) is 13.2. The van der Waals surface area contributed by atoms with E-state index in [0.717, 1.165) is 25.7 Å². The van der Waals surface area contributed by atoms with Gasteiger partial charge in [0.1, 0.15) is 6.10 Å². The van der Waals surface area contributed by atoms with E-state index in [0.29, 0.717) is 6.42 Å². The van der Waals surface area contributed by atoms with Crippen molar-refractivity contribution >= 4 is 5.97 Å². The number of hydrogen-bond donors (Lipinski definition) is 0. The van der Waals surface area contributed by atoms with Crippen molar-refractivity contribution in [3.05, 3.63) is 12.2 Å². The molecular formula is C12H22O2. The maximum Gasteiger partial charge on any atom is 0.306 e. The van der Waals surface area contributed by atoms with Crippen LogP contribution in [-0.4, -0.2) is 12.1 Å². The standard InChI is InChI=1S/C12H22O2/c1-4-7-10-11(8-5-2)14-12(13)9-6-3/h4,7,11H,5-6,8-10H2,1-3H3. The minimum absolute atomic E-state index is 0.0598. The van der Waals surface area contributed by atoms with Crippen molar-refractivity contribution in [2.24, 2.45) is 0 Å². The Balaban J connectivity index is 3.87. The summed E-state index contributed by atoms with van der Waals surface area (Å²) in [6, 6.07) is 0. The lowest BCUT2D eigenvalue weighted by Crippen LogP contribution is -2.17. The highest BCUT2D eigenvalue weighted by Crippen LogP contribution is 2.09. The summed E-state index contributed by atoms with van der Waals surface area (Å²) in [5.74, 6) is -0.0598. The fourth-order valence-corrected chi connectivity index (χ4v) is 1.28. The number of hydrogen-bond acceptors (Lipinski definition) is 2. The van der Waals surface area contributed by atoms with Crippen molar-refractivity contribution in [1.82, 2.24) is 0 Å². The summed E-state index contributed by atoms with van der Waals surface area (Å²) in [7, 11) is 0. The zero-order valence-corrected chi connectivity index (χ0v) is 9.58. The van der Waals surface area contributed by atoms with Gasteiger partial charge in [-0.2, -0.15) is 0 Å². The van der Waals surface area contributed by atoms with Crippen molar-refractivity contribution < 1.29 is 9.53 Å². The van der Waals surface area contributed by atoms with Gasteiger partial charge in [-0.15, -0.1) is 0 Å². The number of allylic oxidation sites excluding steroid dienone is 1. The molecule has 0 saturated carbocycles. The summed E-state index contributed by atoms with van der Waals surface area (Å²) in [6.45, 7) is 6.08. The third-order valence-electron chi connectivity index (χ3n) is 2.00. The molecule has 0 radical (unpaired) electrons. The minimum atomic E-state index is -0.0598. The van der Waals surface area contributed by atoms with E-state index < -0.39 is 0 Å². The first-order valence-corrected chi connectivity index (χ1v) is 5.55. The molecule has 0 rings (SSSR count). The Morgan fingerprint density at radius 1 is 1.36 bits per heavy atom. The Morgan fingerprint density at radius 2 is 2.07 bits per heavy atom. The second kappa shape index (κ2) is 8.79. The summed E-state index contributed by atoms with van der Waals surface area (Å²) >= 11 is 0. The molecule has 1 atom stereocenters. The lowest BCUT2D eigenvalue weighted by molar-refractivity contribution is -0.149. The van der Waals surface area contributed by atoms with Gasteiger partial charge in [-0.05, 0) is 19.8 Å². The van der Waals surface area contributed by atoms with Crippen molar-refractivity contribution in [2.75, 3.05) is 0 Å². The molecule has 0 amide bonds. The second-order valence-corrected chi connectivity index (χ2v) is 3.46. The van der Waals surface area contributed by atoms with Gasteiger partial charge in [0.05, 0.1) is 0 Å². The van der Waals surface area contributed by atoms with Crippen molar-refractivity contribution in [3.8, 4) is 0 Å². The van der Waals surface area contributed by atoms with Crippen LogP contribution in [0.25, 0.3) is 0 Å². The molecule has 0 N–H and O–H groups in total. The van der Waals surface area contributed by atoms with Gasteiger partial charge in [0.25, 0.3) is 0 Å². The molecule has 0 aliphatic carbocycles. The topological polar surface area (TPSA) is 26.3 Å². The van der Waals surface area contributed by atoms with Gasteiger partial charge in [-0.1, -0.05) is 32.4 Å². The zero-order chi connectivity index (χ0) is 10.8. The van der Waals surface area contributed by atoms with Crippen LogP contribution in [0.2, 0.25) is 0 Å². The molecule has 0 aromatic carbocycles. The van der Waals surface area contributed by atoms with Gasteiger partial charge in [0.2, 0.25) is 0 Å². The Kier molecular flexibility index (Phi) is 8.30. The molecule has 0 fully saturated rings. The first-order chi connectivity index (χ1) is 6.74. The minimum Gasteiger partial charge on any atom is -0.462 e. The molecule has 0 spiro atoms. The normalized spacial score (nSPS) is 13.1. The zero-order valence-electron chi connectivity index (χ0n) is 9.58. The molecule has 0 heterocycles. The molecule has 0 saturated heterocycles. The quantitative estimate of drug-likeness (QED) is 0.462. The molecule has 0 aliphatic heterocycles. The van der Waals surface area contributed by atoms with Gasteiger partial charge in [-0.25, -0.2) is 0 Å². The summed E-state index contributed by atoms with van der Waals surface area (Å²) < 4.78 is 5.34. The van der Waals surface area contributed by atoms with E-state index in [1.165, 1.54) is 0 Å². The molecule has 0 aromatic heterocycles. The lowest BCUT2D eigenvalue weighted by atomic mass is 10.1. The largest absolute Gasteiger partial charge is 0.462 e. The summed E-state index contributed by atoms with van der Waals surface area (Å²) in [5, 5.41) is 0. The molecule has 0 aromatic rings. The third-order valence-corrected chi connectivity index (χ3v) is 2.00. The van der Waals surface area contributed by atoms with Crippen LogP contribution in [0.5, 0.6) is 0 Å². The predicted octanol–water partition coefficient (Wildman–Crippen LogP) is 3.46. The second-order valence-electron chi connectivity index (χ2n) is 3.46. The predicted molar refractivity (Wildman–Crippen MR) is 59.1 cm³/mol. The van der Waals surface area contributed by atoms with Gasteiger partial charge in [-0.3, -0.25) is 4.79 Å². The molecule has 82 valence electrons. The molecule has 0 bridgehead atoms. The van der Waals surface area contributed by atoms with Crippen LogP contribution in [0, 0.1) is 0 Å². The van der Waals surface area contributed by atoms with Gasteiger partial charge >= 0.3 is 5.97 Å². The van der Waals surface area contributed by atoms with Crippen LogP contribution >= 0.6 is 0 Å². The van der Waals surface area contributed by atoms with Crippen LogP contribution in [0.1, 0.15) is 52.9 Å². The summed E-state index contributed by atoms with van der Waals surface area (Å²) in [4.78, 5) is 11.2. The molecule has 0 aliphatic rings. The molecule has 2 nitrogen and oxygen atoms in total. The monoisotopic (exact) mass is 198 g/mol. The average Bonchev–Trinajstić information content (AvgIpc) is 2.15. The Bertz CT molecular complexity index is 173. The molecular weight excluding hydrogens is 176 g/mol. The molecule has 14 heavy (non-hydrogen) atoms. The SMILES string of the molecule is CC=CCC(CCC)OC(=O)CCC. The number of ether oxygens (including phenoxy) is 1. The first-order valence-electron chi connectivity index (χ1n) is 5.55. The number of carbonyl (C=O) groups excluding carboxylic acids is 1. The van der Waals surface area contributed by atoms with Crippen LogP contribution < -0.4 is 0 Å². The van der Waals surface area contributed by atoms with E-state index in [1.807, 2.05) is 19.9 Å². The highest BCUT2D eigenvalue weighted by molar-refractivity contribution is 5.69. The Labute approximate surface area is 87.3 Å².